The smallest absolute Gasteiger partial charge is 0.140 e. The lowest BCUT2D eigenvalue weighted by molar-refractivity contribution is 0.183. The molecule has 0 saturated carbocycles. The molecule has 0 aliphatic carbocycles. The van der Waals surface area contributed by atoms with E-state index in [0.29, 0.717) is 18.1 Å². The summed E-state index contributed by atoms with van der Waals surface area (Å²) in [7, 11) is 0. The minimum Gasteiger partial charge on any atom is -0.493 e. The van der Waals surface area contributed by atoms with E-state index in [4.69, 9.17) is 9.15 Å². The highest BCUT2D eigenvalue weighted by atomic mass is 16.5. The molecule has 3 heteroatoms. The van der Waals surface area contributed by atoms with Gasteiger partial charge in [0, 0.05) is 5.56 Å². The minimum atomic E-state index is -0.786. The van der Waals surface area contributed by atoms with Crippen LogP contribution in [-0.2, 0) is 0 Å². The van der Waals surface area contributed by atoms with Crippen molar-refractivity contribution in [2.24, 2.45) is 0 Å². The number of aliphatic hydroxyl groups is 1. The predicted octanol–water partition coefficient (Wildman–Crippen LogP) is 3.07. The van der Waals surface area contributed by atoms with Crippen molar-refractivity contribution in [2.45, 2.75) is 20.0 Å². The van der Waals surface area contributed by atoms with Crippen LogP contribution < -0.4 is 4.74 Å². The Bertz CT molecular complexity index is 474. The van der Waals surface area contributed by atoms with E-state index < -0.39 is 6.10 Å². The fourth-order valence-electron chi connectivity index (χ4n) is 1.77. The van der Waals surface area contributed by atoms with Gasteiger partial charge in [-0.1, -0.05) is 11.6 Å². The van der Waals surface area contributed by atoms with Crippen molar-refractivity contribution in [1.82, 2.24) is 0 Å². The van der Waals surface area contributed by atoms with Crippen LogP contribution in [-0.4, -0.2) is 11.7 Å². The highest BCUT2D eigenvalue weighted by Gasteiger charge is 2.18. The first-order valence-electron chi connectivity index (χ1n) is 5.67. The first kappa shape index (κ1) is 11.7. The highest BCUT2D eigenvalue weighted by molar-refractivity contribution is 5.41. The van der Waals surface area contributed by atoms with Gasteiger partial charge in [0.05, 0.1) is 12.9 Å². The van der Waals surface area contributed by atoms with Gasteiger partial charge in [-0.2, -0.15) is 0 Å². The van der Waals surface area contributed by atoms with Gasteiger partial charge in [0.15, 0.2) is 0 Å². The van der Waals surface area contributed by atoms with Crippen LogP contribution in [0.5, 0.6) is 5.75 Å². The lowest BCUT2D eigenvalue weighted by atomic mass is 10.0. The van der Waals surface area contributed by atoms with Crippen LogP contribution in [0.3, 0.4) is 0 Å². The molecule has 2 rings (SSSR count). The van der Waals surface area contributed by atoms with E-state index >= 15 is 0 Å². The van der Waals surface area contributed by atoms with Crippen LogP contribution in [0.2, 0.25) is 0 Å². The molecule has 17 heavy (non-hydrogen) atoms. The van der Waals surface area contributed by atoms with Gasteiger partial charge >= 0.3 is 0 Å². The topological polar surface area (TPSA) is 42.6 Å². The van der Waals surface area contributed by atoms with Crippen molar-refractivity contribution in [3.05, 3.63) is 53.5 Å². The normalized spacial score (nSPS) is 12.4. The van der Waals surface area contributed by atoms with E-state index in [2.05, 4.69) is 0 Å². The van der Waals surface area contributed by atoms with E-state index in [1.807, 2.05) is 32.0 Å². The summed E-state index contributed by atoms with van der Waals surface area (Å²) in [6.45, 7) is 4.47. The van der Waals surface area contributed by atoms with Gasteiger partial charge in [0.25, 0.3) is 0 Å². The second-order valence-electron chi connectivity index (χ2n) is 3.89. The Labute approximate surface area is 101 Å². The molecule has 0 bridgehead atoms. The standard InChI is InChI=1S/C14H16O3/c1-3-16-12-7-6-10(2)9-11(12)14(15)13-5-4-8-17-13/h4-9,14-15H,3H2,1-2H3. The van der Waals surface area contributed by atoms with E-state index in [9.17, 15) is 5.11 Å². The Kier molecular flexibility index (Phi) is 3.49. The summed E-state index contributed by atoms with van der Waals surface area (Å²) in [5.74, 6) is 1.22. The molecule has 3 nitrogen and oxygen atoms in total. The Morgan fingerprint density at radius 1 is 1.35 bits per heavy atom. The first-order chi connectivity index (χ1) is 8.22. The van der Waals surface area contributed by atoms with Crippen molar-refractivity contribution < 1.29 is 14.3 Å². The maximum Gasteiger partial charge on any atom is 0.140 e. The third-order valence-electron chi connectivity index (χ3n) is 2.57. The third kappa shape index (κ3) is 2.50. The van der Waals surface area contributed by atoms with Gasteiger partial charge in [-0.25, -0.2) is 0 Å². The molecule has 0 radical (unpaired) electrons. The third-order valence-corrected chi connectivity index (χ3v) is 2.57. The van der Waals surface area contributed by atoms with Gasteiger partial charge < -0.3 is 14.3 Å². The Morgan fingerprint density at radius 3 is 2.82 bits per heavy atom. The fraction of sp³-hybridized carbons (Fsp3) is 0.286. The molecule has 0 fully saturated rings. The molecule has 1 aromatic heterocycles. The maximum absolute atomic E-state index is 10.2. The number of rotatable bonds is 4. The molecule has 1 N–H and O–H groups in total. The lowest BCUT2D eigenvalue weighted by Crippen LogP contribution is -2.03. The number of hydrogen-bond donors (Lipinski definition) is 1. The molecule has 0 spiro atoms. The number of aliphatic hydroxyl groups excluding tert-OH is 1. The molecule has 0 aliphatic rings. The number of aryl methyl sites for hydroxylation is 1. The summed E-state index contributed by atoms with van der Waals surface area (Å²) in [5, 5.41) is 10.2. The molecule has 90 valence electrons. The summed E-state index contributed by atoms with van der Waals surface area (Å²) in [5.41, 5.74) is 1.82. The van der Waals surface area contributed by atoms with Crippen molar-refractivity contribution in [1.29, 1.82) is 0 Å². The van der Waals surface area contributed by atoms with Crippen LogP contribution in [0.4, 0.5) is 0 Å². The van der Waals surface area contributed by atoms with E-state index in [0.717, 1.165) is 11.1 Å². The number of hydrogen-bond acceptors (Lipinski definition) is 3. The van der Waals surface area contributed by atoms with Crippen molar-refractivity contribution >= 4 is 0 Å². The Morgan fingerprint density at radius 2 is 2.18 bits per heavy atom. The van der Waals surface area contributed by atoms with E-state index in [1.165, 1.54) is 0 Å². The second-order valence-corrected chi connectivity index (χ2v) is 3.89. The van der Waals surface area contributed by atoms with Crippen molar-refractivity contribution in [2.75, 3.05) is 6.61 Å². The van der Waals surface area contributed by atoms with Crippen LogP contribution in [0.15, 0.2) is 41.0 Å². The van der Waals surface area contributed by atoms with E-state index in [1.54, 1.807) is 18.4 Å². The van der Waals surface area contributed by atoms with E-state index in [-0.39, 0.29) is 0 Å². The predicted molar refractivity (Wildman–Crippen MR) is 65.1 cm³/mol. The summed E-state index contributed by atoms with van der Waals surface area (Å²) >= 11 is 0. The first-order valence-corrected chi connectivity index (χ1v) is 5.67. The average Bonchev–Trinajstić information content (AvgIpc) is 2.84. The second kappa shape index (κ2) is 5.06. The Balaban J connectivity index is 2.38. The van der Waals surface area contributed by atoms with Gasteiger partial charge in [-0.05, 0) is 38.1 Å². The number of benzene rings is 1. The molecule has 1 unspecified atom stereocenters. The molecule has 2 aromatic rings. The molecule has 0 aliphatic heterocycles. The number of ether oxygens (including phenoxy) is 1. The highest BCUT2D eigenvalue weighted by Crippen LogP contribution is 2.31. The van der Waals surface area contributed by atoms with Crippen LogP contribution in [0, 0.1) is 6.92 Å². The largest absolute Gasteiger partial charge is 0.493 e. The number of furan rings is 1. The average molecular weight is 232 g/mol. The van der Waals surface area contributed by atoms with Crippen molar-refractivity contribution in [3.8, 4) is 5.75 Å². The van der Waals surface area contributed by atoms with Crippen LogP contribution in [0.25, 0.3) is 0 Å². The zero-order valence-electron chi connectivity index (χ0n) is 10.0. The molecule has 0 saturated heterocycles. The van der Waals surface area contributed by atoms with Gasteiger partial charge in [0.1, 0.15) is 17.6 Å². The van der Waals surface area contributed by atoms with Gasteiger partial charge in [-0.3, -0.25) is 0 Å². The quantitative estimate of drug-likeness (QED) is 0.880. The fourth-order valence-corrected chi connectivity index (χ4v) is 1.77. The monoisotopic (exact) mass is 232 g/mol. The van der Waals surface area contributed by atoms with Crippen molar-refractivity contribution in [3.63, 3.8) is 0 Å². The molecular formula is C14H16O3. The lowest BCUT2D eigenvalue weighted by Gasteiger charge is -2.14. The van der Waals surface area contributed by atoms with Crippen LogP contribution >= 0.6 is 0 Å². The maximum atomic E-state index is 10.2. The van der Waals surface area contributed by atoms with Gasteiger partial charge in [0.2, 0.25) is 0 Å². The zero-order chi connectivity index (χ0) is 12.3. The molecule has 0 amide bonds. The summed E-state index contributed by atoms with van der Waals surface area (Å²) in [6, 6.07) is 9.26. The molecule has 1 heterocycles. The zero-order valence-corrected chi connectivity index (χ0v) is 10.0. The Hall–Kier alpha value is -1.74. The SMILES string of the molecule is CCOc1ccc(C)cc1C(O)c1ccco1. The molecule has 1 atom stereocenters. The summed E-state index contributed by atoms with van der Waals surface area (Å²) in [6.07, 6.45) is 0.765. The summed E-state index contributed by atoms with van der Waals surface area (Å²) in [4.78, 5) is 0. The van der Waals surface area contributed by atoms with Crippen LogP contribution in [0.1, 0.15) is 29.9 Å². The molecule has 1 aromatic carbocycles. The van der Waals surface area contributed by atoms with Gasteiger partial charge in [-0.15, -0.1) is 0 Å². The minimum absolute atomic E-state index is 0.525. The summed E-state index contributed by atoms with van der Waals surface area (Å²) < 4.78 is 10.7. The molecular weight excluding hydrogens is 216 g/mol.